The highest BCUT2D eigenvalue weighted by atomic mass is 16.5. The van der Waals surface area contributed by atoms with E-state index in [9.17, 15) is 9.59 Å². The molecule has 1 aliphatic heterocycles. The van der Waals surface area contributed by atoms with E-state index in [2.05, 4.69) is 46.7 Å². The smallest absolute Gasteiger partial charge is 0.225 e. The Kier molecular flexibility index (Phi) is 8.62. The molecule has 210 valence electrons. The van der Waals surface area contributed by atoms with Gasteiger partial charge in [-0.05, 0) is 73.8 Å². The zero-order valence-electron chi connectivity index (χ0n) is 23.6. The van der Waals surface area contributed by atoms with Crippen molar-refractivity contribution < 1.29 is 14.3 Å². The molecule has 5 rings (SSSR count). The maximum absolute atomic E-state index is 13.0. The van der Waals surface area contributed by atoms with Gasteiger partial charge in [0.2, 0.25) is 11.8 Å². The molecule has 0 bridgehead atoms. The molecule has 2 aromatic carbocycles. The molecular weight excluding hydrogens is 500 g/mol. The van der Waals surface area contributed by atoms with Crippen LogP contribution in [0.25, 0.3) is 22.3 Å². The van der Waals surface area contributed by atoms with Crippen LogP contribution in [0.5, 0.6) is 0 Å². The number of carbonyl (C=O) groups is 2. The Hall–Kier alpha value is -3.55. The van der Waals surface area contributed by atoms with Gasteiger partial charge in [0, 0.05) is 42.7 Å². The van der Waals surface area contributed by atoms with Crippen LogP contribution in [0.2, 0.25) is 0 Å². The largest absolute Gasteiger partial charge is 0.378 e. The molecule has 2 heterocycles. The molecule has 3 aromatic rings. The number of pyridine rings is 1. The summed E-state index contributed by atoms with van der Waals surface area (Å²) in [6, 6.07) is 20.4. The number of nitrogens with two attached hydrogens (primary N) is 1. The van der Waals surface area contributed by atoms with Gasteiger partial charge in [0.1, 0.15) is 5.82 Å². The summed E-state index contributed by atoms with van der Waals surface area (Å²) in [6.45, 7) is 6.62. The van der Waals surface area contributed by atoms with Crippen molar-refractivity contribution in [3.05, 3.63) is 72.4 Å². The number of hydrogen-bond acceptors (Lipinski definition) is 5. The van der Waals surface area contributed by atoms with Crippen LogP contribution in [-0.4, -0.2) is 48.0 Å². The first-order valence-electron chi connectivity index (χ1n) is 14.4. The molecule has 7 heteroatoms. The van der Waals surface area contributed by atoms with E-state index in [0.29, 0.717) is 38.5 Å². The number of benzene rings is 2. The predicted octanol–water partition coefficient (Wildman–Crippen LogP) is 5.60. The predicted molar refractivity (Wildman–Crippen MR) is 158 cm³/mol. The number of anilines is 1. The molecule has 0 unspecified atom stereocenters. The number of rotatable bonds is 7. The van der Waals surface area contributed by atoms with Crippen LogP contribution in [0.1, 0.15) is 51.5 Å². The lowest BCUT2D eigenvalue weighted by atomic mass is 9.79. The summed E-state index contributed by atoms with van der Waals surface area (Å²) in [7, 11) is 0. The number of hydrogen-bond donors (Lipinski definition) is 2. The second-order valence-electron chi connectivity index (χ2n) is 11.7. The Morgan fingerprint density at radius 1 is 0.950 bits per heavy atom. The van der Waals surface area contributed by atoms with E-state index in [-0.39, 0.29) is 23.7 Å². The molecular formula is C33H40N4O3. The van der Waals surface area contributed by atoms with E-state index >= 15 is 0 Å². The minimum absolute atomic E-state index is 0.0308. The van der Waals surface area contributed by atoms with Gasteiger partial charge in [-0.25, -0.2) is 4.98 Å². The maximum Gasteiger partial charge on any atom is 0.225 e. The van der Waals surface area contributed by atoms with Gasteiger partial charge in [-0.2, -0.15) is 0 Å². The second-order valence-corrected chi connectivity index (χ2v) is 11.7. The van der Waals surface area contributed by atoms with Crippen molar-refractivity contribution in [3.63, 3.8) is 0 Å². The minimum Gasteiger partial charge on any atom is -0.378 e. The van der Waals surface area contributed by atoms with Gasteiger partial charge in [0.25, 0.3) is 0 Å². The lowest BCUT2D eigenvalue weighted by Crippen LogP contribution is -2.44. The Labute approximate surface area is 237 Å². The van der Waals surface area contributed by atoms with Gasteiger partial charge in [-0.1, -0.05) is 54.6 Å². The van der Waals surface area contributed by atoms with Crippen LogP contribution in [0.3, 0.4) is 0 Å². The van der Waals surface area contributed by atoms with Crippen molar-refractivity contribution in [1.29, 1.82) is 0 Å². The molecule has 2 aliphatic rings. The fourth-order valence-electron chi connectivity index (χ4n) is 5.80. The third kappa shape index (κ3) is 6.77. The molecule has 0 atom stereocenters. The van der Waals surface area contributed by atoms with Crippen molar-refractivity contribution in [2.75, 3.05) is 31.6 Å². The monoisotopic (exact) mass is 540 g/mol. The number of ether oxygens (including phenoxy) is 1. The number of aromatic nitrogens is 1. The fourth-order valence-corrected chi connectivity index (χ4v) is 5.80. The average Bonchev–Trinajstić information content (AvgIpc) is 2.98. The average molecular weight is 541 g/mol. The summed E-state index contributed by atoms with van der Waals surface area (Å²) in [6.07, 6.45) is 5.76. The first-order valence-corrected chi connectivity index (χ1v) is 14.4. The Morgan fingerprint density at radius 2 is 1.60 bits per heavy atom. The van der Waals surface area contributed by atoms with Crippen LogP contribution in [0.15, 0.2) is 66.9 Å². The number of nitrogens with one attached hydrogen (secondary N) is 1. The summed E-state index contributed by atoms with van der Waals surface area (Å²) in [5.74, 6) is 1.13. The molecule has 40 heavy (non-hydrogen) atoms. The Bertz CT molecular complexity index is 1300. The van der Waals surface area contributed by atoms with Crippen LogP contribution < -0.4 is 11.1 Å². The SMILES string of the molecule is CC(C)(N)c1ccc(-c2cnc(NC(=O)CC3CCC(C(=O)N4CCOCC4)CC3)cc2-c2ccccc2)cc1. The van der Waals surface area contributed by atoms with Gasteiger partial charge in [0.15, 0.2) is 0 Å². The molecule has 7 nitrogen and oxygen atoms in total. The van der Waals surface area contributed by atoms with E-state index in [4.69, 9.17) is 10.5 Å². The molecule has 2 fully saturated rings. The van der Waals surface area contributed by atoms with Gasteiger partial charge < -0.3 is 20.7 Å². The first kappa shape index (κ1) is 28.0. The molecule has 0 radical (unpaired) electrons. The van der Waals surface area contributed by atoms with Crippen molar-refractivity contribution in [2.45, 2.75) is 51.5 Å². The number of morpholine rings is 1. The van der Waals surface area contributed by atoms with Gasteiger partial charge in [-0.3, -0.25) is 9.59 Å². The second kappa shape index (κ2) is 12.3. The lowest BCUT2D eigenvalue weighted by Gasteiger charge is -2.33. The highest BCUT2D eigenvalue weighted by molar-refractivity contribution is 5.92. The van der Waals surface area contributed by atoms with E-state index in [1.54, 1.807) is 0 Å². The molecule has 3 N–H and O–H groups in total. The highest BCUT2D eigenvalue weighted by Gasteiger charge is 2.31. The first-order chi connectivity index (χ1) is 19.3. The lowest BCUT2D eigenvalue weighted by molar-refractivity contribution is -0.141. The fraction of sp³-hybridized carbons (Fsp3) is 0.424. The highest BCUT2D eigenvalue weighted by Crippen LogP contribution is 2.35. The van der Waals surface area contributed by atoms with E-state index < -0.39 is 5.54 Å². The van der Waals surface area contributed by atoms with Crippen molar-refractivity contribution in [3.8, 4) is 22.3 Å². The normalized spacial score (nSPS) is 19.7. The Balaban J connectivity index is 1.25. The Morgan fingerprint density at radius 3 is 2.25 bits per heavy atom. The molecule has 1 aromatic heterocycles. The summed E-state index contributed by atoms with van der Waals surface area (Å²) in [5, 5.41) is 3.04. The van der Waals surface area contributed by atoms with Gasteiger partial charge in [0.05, 0.1) is 13.2 Å². The third-order valence-corrected chi connectivity index (χ3v) is 8.19. The van der Waals surface area contributed by atoms with Crippen molar-refractivity contribution >= 4 is 17.6 Å². The van der Waals surface area contributed by atoms with Crippen molar-refractivity contribution in [2.24, 2.45) is 17.6 Å². The topological polar surface area (TPSA) is 97.5 Å². The van der Waals surface area contributed by atoms with Crippen LogP contribution in [0, 0.1) is 11.8 Å². The van der Waals surface area contributed by atoms with E-state index in [1.807, 2.05) is 49.2 Å². The van der Waals surface area contributed by atoms with Crippen LogP contribution >= 0.6 is 0 Å². The molecule has 1 aliphatic carbocycles. The minimum atomic E-state index is -0.412. The summed E-state index contributed by atoms with van der Waals surface area (Å²) in [5.41, 5.74) is 11.0. The van der Waals surface area contributed by atoms with Gasteiger partial charge >= 0.3 is 0 Å². The summed E-state index contributed by atoms with van der Waals surface area (Å²) < 4.78 is 5.38. The molecule has 1 saturated heterocycles. The van der Waals surface area contributed by atoms with Crippen molar-refractivity contribution in [1.82, 2.24) is 9.88 Å². The molecule has 0 spiro atoms. The zero-order chi connectivity index (χ0) is 28.1. The number of carbonyl (C=O) groups excluding carboxylic acids is 2. The standard InChI is InChI=1S/C33H40N4O3/c1-33(2,34)27-14-12-25(13-15-27)29-22-35-30(21-28(29)24-6-4-3-5-7-24)36-31(38)20-23-8-10-26(11-9-23)32(39)37-16-18-40-19-17-37/h3-7,12-15,21-23,26H,8-11,16-20,34H2,1-2H3,(H,35,36,38). The number of amides is 2. The summed E-state index contributed by atoms with van der Waals surface area (Å²) in [4.78, 5) is 32.4. The number of nitrogens with zero attached hydrogens (tertiary/aromatic N) is 2. The molecule has 1 saturated carbocycles. The quantitative estimate of drug-likeness (QED) is 0.406. The molecule has 2 amide bonds. The zero-order valence-corrected chi connectivity index (χ0v) is 23.6. The van der Waals surface area contributed by atoms with Crippen LogP contribution in [0.4, 0.5) is 5.82 Å². The van der Waals surface area contributed by atoms with Crippen LogP contribution in [-0.2, 0) is 19.9 Å². The van der Waals surface area contributed by atoms with Gasteiger partial charge in [-0.15, -0.1) is 0 Å². The third-order valence-electron chi connectivity index (χ3n) is 8.19. The van der Waals surface area contributed by atoms with E-state index in [1.165, 1.54) is 0 Å². The summed E-state index contributed by atoms with van der Waals surface area (Å²) >= 11 is 0. The maximum atomic E-state index is 13.0. The van der Waals surface area contributed by atoms with E-state index in [0.717, 1.165) is 53.5 Å².